The molecule has 2 heterocycles. The van der Waals surface area contributed by atoms with Crippen molar-refractivity contribution in [1.82, 2.24) is 10.2 Å². The molecule has 1 aliphatic rings. The van der Waals surface area contributed by atoms with Crippen LogP contribution in [-0.4, -0.2) is 35.4 Å². The topological polar surface area (TPSA) is 76.2 Å². The lowest BCUT2D eigenvalue weighted by Crippen LogP contribution is -2.16. The Morgan fingerprint density at radius 2 is 2.17 bits per heavy atom. The van der Waals surface area contributed by atoms with Gasteiger partial charge in [-0.3, -0.25) is 9.89 Å². The molecule has 1 aromatic carbocycles. The summed E-state index contributed by atoms with van der Waals surface area (Å²) in [5.74, 6) is 0.723. The van der Waals surface area contributed by atoms with Crippen molar-refractivity contribution in [2.24, 2.45) is 0 Å². The second-order valence-electron chi connectivity index (χ2n) is 6.11. The monoisotopic (exact) mass is 329 g/mol. The standard InChI is InChI=1S/C18H23N3O3/c1-12-17(13(2)21-20-12)10-18(22)19-14-5-7-15(8-6-14)24-11-16-4-3-9-23-16/h5-8,16H,3-4,9-11H2,1-2H3,(H,19,22)(H,20,21)/t16-/m1/s1. The van der Waals surface area contributed by atoms with Crippen molar-refractivity contribution < 1.29 is 14.3 Å². The Hall–Kier alpha value is -2.34. The smallest absolute Gasteiger partial charge is 0.228 e. The van der Waals surface area contributed by atoms with Crippen LogP contribution in [-0.2, 0) is 16.0 Å². The maximum absolute atomic E-state index is 12.2. The fourth-order valence-corrected chi connectivity index (χ4v) is 2.80. The third-order valence-electron chi connectivity index (χ3n) is 4.22. The number of aryl methyl sites for hydroxylation is 2. The van der Waals surface area contributed by atoms with Gasteiger partial charge in [-0.15, -0.1) is 0 Å². The van der Waals surface area contributed by atoms with Crippen molar-refractivity contribution in [1.29, 1.82) is 0 Å². The van der Waals surface area contributed by atoms with Crippen LogP contribution in [0.4, 0.5) is 5.69 Å². The number of carbonyl (C=O) groups excluding carboxylic acids is 1. The lowest BCUT2D eigenvalue weighted by Gasteiger charge is -2.12. The van der Waals surface area contributed by atoms with Crippen molar-refractivity contribution in [2.75, 3.05) is 18.5 Å². The first-order valence-corrected chi connectivity index (χ1v) is 8.26. The predicted molar refractivity (Wildman–Crippen MR) is 91.3 cm³/mol. The van der Waals surface area contributed by atoms with Crippen LogP contribution in [0.5, 0.6) is 5.75 Å². The van der Waals surface area contributed by atoms with E-state index in [2.05, 4.69) is 15.5 Å². The molecule has 0 unspecified atom stereocenters. The van der Waals surface area contributed by atoms with Crippen molar-refractivity contribution in [3.63, 3.8) is 0 Å². The Balaban J connectivity index is 1.51. The van der Waals surface area contributed by atoms with Gasteiger partial charge in [-0.1, -0.05) is 0 Å². The average Bonchev–Trinajstić information content (AvgIpc) is 3.20. The van der Waals surface area contributed by atoms with Gasteiger partial charge in [0.15, 0.2) is 0 Å². The van der Waals surface area contributed by atoms with Gasteiger partial charge >= 0.3 is 0 Å². The molecule has 128 valence electrons. The van der Waals surface area contributed by atoms with Crippen LogP contribution >= 0.6 is 0 Å². The largest absolute Gasteiger partial charge is 0.491 e. The van der Waals surface area contributed by atoms with Crippen molar-refractivity contribution in [2.45, 2.75) is 39.2 Å². The van der Waals surface area contributed by atoms with Crippen LogP contribution in [0, 0.1) is 13.8 Å². The first kappa shape index (κ1) is 16.5. The van der Waals surface area contributed by atoms with E-state index in [0.29, 0.717) is 13.0 Å². The van der Waals surface area contributed by atoms with E-state index in [9.17, 15) is 4.79 Å². The second-order valence-corrected chi connectivity index (χ2v) is 6.11. The Bertz CT molecular complexity index is 669. The number of aromatic nitrogens is 2. The van der Waals surface area contributed by atoms with Crippen LogP contribution in [0.15, 0.2) is 24.3 Å². The van der Waals surface area contributed by atoms with Gasteiger partial charge in [0.05, 0.1) is 18.2 Å². The predicted octanol–water partition coefficient (Wildman–Crippen LogP) is 2.77. The summed E-state index contributed by atoms with van der Waals surface area (Å²) in [5, 5.41) is 9.90. The Labute approximate surface area is 141 Å². The number of hydrogen-bond donors (Lipinski definition) is 2. The van der Waals surface area contributed by atoms with Gasteiger partial charge in [-0.05, 0) is 51.0 Å². The maximum Gasteiger partial charge on any atom is 0.228 e. The number of H-pyrrole nitrogens is 1. The number of aromatic amines is 1. The van der Waals surface area contributed by atoms with E-state index in [-0.39, 0.29) is 12.0 Å². The van der Waals surface area contributed by atoms with Gasteiger partial charge in [-0.2, -0.15) is 5.10 Å². The number of nitrogens with one attached hydrogen (secondary N) is 2. The molecule has 1 amide bonds. The van der Waals surface area contributed by atoms with Crippen LogP contribution in [0.25, 0.3) is 0 Å². The van der Waals surface area contributed by atoms with Crippen molar-refractivity contribution in [3.05, 3.63) is 41.2 Å². The van der Waals surface area contributed by atoms with Gasteiger partial charge in [0, 0.05) is 23.6 Å². The van der Waals surface area contributed by atoms with E-state index in [4.69, 9.17) is 9.47 Å². The molecule has 3 rings (SSSR count). The highest BCUT2D eigenvalue weighted by molar-refractivity contribution is 5.92. The van der Waals surface area contributed by atoms with E-state index < -0.39 is 0 Å². The molecule has 0 spiro atoms. The minimum atomic E-state index is -0.0596. The molecule has 1 saturated heterocycles. The Kier molecular flexibility index (Phi) is 5.15. The van der Waals surface area contributed by atoms with Gasteiger partial charge in [-0.25, -0.2) is 0 Å². The van der Waals surface area contributed by atoms with E-state index in [1.807, 2.05) is 38.1 Å². The molecule has 1 aliphatic heterocycles. The Morgan fingerprint density at radius 3 is 2.79 bits per heavy atom. The summed E-state index contributed by atoms with van der Waals surface area (Å²) in [6, 6.07) is 7.41. The van der Waals surface area contributed by atoms with Crippen LogP contribution < -0.4 is 10.1 Å². The molecule has 1 atom stereocenters. The number of benzene rings is 1. The lowest BCUT2D eigenvalue weighted by molar-refractivity contribution is -0.115. The number of amides is 1. The molecule has 0 bridgehead atoms. The number of carbonyl (C=O) groups is 1. The summed E-state index contributed by atoms with van der Waals surface area (Å²) >= 11 is 0. The number of rotatable bonds is 6. The van der Waals surface area contributed by atoms with Crippen LogP contribution in [0.1, 0.15) is 29.8 Å². The SMILES string of the molecule is Cc1n[nH]c(C)c1CC(=O)Nc1ccc(OC[C@H]2CCCO2)cc1. The number of hydrogen-bond acceptors (Lipinski definition) is 4. The summed E-state index contributed by atoms with van der Waals surface area (Å²) in [5.41, 5.74) is 3.49. The quantitative estimate of drug-likeness (QED) is 0.854. The van der Waals surface area contributed by atoms with E-state index >= 15 is 0 Å². The fraction of sp³-hybridized carbons (Fsp3) is 0.444. The molecule has 1 fully saturated rings. The molecular weight excluding hydrogens is 306 g/mol. The molecule has 2 N–H and O–H groups in total. The first-order valence-electron chi connectivity index (χ1n) is 8.26. The molecule has 24 heavy (non-hydrogen) atoms. The average molecular weight is 329 g/mol. The van der Waals surface area contributed by atoms with E-state index in [1.165, 1.54) is 0 Å². The summed E-state index contributed by atoms with van der Waals surface area (Å²) < 4.78 is 11.2. The third kappa shape index (κ3) is 4.14. The molecular formula is C18H23N3O3. The zero-order valence-electron chi connectivity index (χ0n) is 14.1. The maximum atomic E-state index is 12.2. The zero-order chi connectivity index (χ0) is 16.9. The molecule has 6 nitrogen and oxygen atoms in total. The Morgan fingerprint density at radius 1 is 1.38 bits per heavy atom. The molecule has 0 aliphatic carbocycles. The first-order chi connectivity index (χ1) is 11.6. The lowest BCUT2D eigenvalue weighted by atomic mass is 10.1. The molecule has 0 radical (unpaired) electrons. The van der Waals surface area contributed by atoms with Gasteiger partial charge in [0.2, 0.25) is 5.91 Å². The summed E-state index contributed by atoms with van der Waals surface area (Å²) in [7, 11) is 0. The van der Waals surface area contributed by atoms with Crippen LogP contribution in [0.2, 0.25) is 0 Å². The molecule has 2 aromatic rings. The second kappa shape index (κ2) is 7.49. The minimum Gasteiger partial charge on any atom is -0.491 e. The zero-order valence-corrected chi connectivity index (χ0v) is 14.1. The summed E-state index contributed by atoms with van der Waals surface area (Å²) in [6.07, 6.45) is 2.67. The van der Waals surface area contributed by atoms with E-state index in [1.54, 1.807) is 0 Å². The van der Waals surface area contributed by atoms with Crippen molar-refractivity contribution in [3.8, 4) is 5.75 Å². The van der Waals surface area contributed by atoms with Gasteiger partial charge in [0.1, 0.15) is 12.4 Å². The fourth-order valence-electron chi connectivity index (χ4n) is 2.80. The summed E-state index contributed by atoms with van der Waals surface area (Å²) in [6.45, 7) is 5.22. The highest BCUT2D eigenvalue weighted by Crippen LogP contribution is 2.19. The number of ether oxygens (including phenoxy) is 2. The number of nitrogens with zero attached hydrogens (tertiary/aromatic N) is 1. The number of anilines is 1. The highest BCUT2D eigenvalue weighted by Gasteiger charge is 2.16. The van der Waals surface area contributed by atoms with Crippen LogP contribution in [0.3, 0.4) is 0 Å². The highest BCUT2D eigenvalue weighted by atomic mass is 16.5. The summed E-state index contributed by atoms with van der Waals surface area (Å²) in [4.78, 5) is 12.2. The van der Waals surface area contributed by atoms with E-state index in [0.717, 1.165) is 47.8 Å². The molecule has 6 heteroatoms. The minimum absolute atomic E-state index is 0.0596. The third-order valence-corrected chi connectivity index (χ3v) is 4.22. The van der Waals surface area contributed by atoms with Gasteiger partial charge < -0.3 is 14.8 Å². The molecule has 1 aromatic heterocycles. The van der Waals surface area contributed by atoms with Gasteiger partial charge in [0.25, 0.3) is 0 Å². The van der Waals surface area contributed by atoms with Crippen molar-refractivity contribution >= 4 is 11.6 Å². The normalized spacial score (nSPS) is 17.0. The molecule has 0 saturated carbocycles.